The summed E-state index contributed by atoms with van der Waals surface area (Å²) in [5.41, 5.74) is 1.65. The molecule has 3 aromatic rings. The minimum absolute atomic E-state index is 0.0487. The molecule has 0 saturated carbocycles. The normalized spacial score (nSPS) is 12.3. The average molecular weight is 318 g/mol. The van der Waals surface area contributed by atoms with E-state index in [1.807, 2.05) is 24.3 Å². The van der Waals surface area contributed by atoms with Gasteiger partial charge in [0, 0.05) is 5.02 Å². The molecule has 0 fully saturated rings. The van der Waals surface area contributed by atoms with Crippen molar-refractivity contribution < 1.29 is 9.18 Å². The fraction of sp³-hybridized carbons (Fsp3) is 0.125. The third-order valence-electron chi connectivity index (χ3n) is 3.34. The molecule has 2 N–H and O–H groups in total. The molecule has 1 heterocycles. The molecule has 6 heteroatoms. The Morgan fingerprint density at radius 2 is 2.09 bits per heavy atom. The SMILES string of the molecule is CC(NC(=O)c1ccc(Cl)cc1F)c1nc2ccccc2[nH]1. The maximum atomic E-state index is 13.8. The zero-order valence-corrected chi connectivity index (χ0v) is 12.5. The van der Waals surface area contributed by atoms with E-state index < -0.39 is 11.7 Å². The fourth-order valence-corrected chi connectivity index (χ4v) is 2.35. The van der Waals surface area contributed by atoms with Crippen LogP contribution in [0.25, 0.3) is 11.0 Å². The largest absolute Gasteiger partial charge is 0.342 e. The van der Waals surface area contributed by atoms with Gasteiger partial charge in [0.25, 0.3) is 5.91 Å². The number of halogens is 2. The lowest BCUT2D eigenvalue weighted by Gasteiger charge is -2.12. The summed E-state index contributed by atoms with van der Waals surface area (Å²) in [4.78, 5) is 19.7. The number of carbonyl (C=O) groups excluding carboxylic acids is 1. The van der Waals surface area contributed by atoms with Crippen LogP contribution in [0.5, 0.6) is 0 Å². The Morgan fingerprint density at radius 3 is 2.82 bits per heavy atom. The van der Waals surface area contributed by atoms with E-state index >= 15 is 0 Å². The zero-order chi connectivity index (χ0) is 15.7. The molecule has 0 bridgehead atoms. The Hall–Kier alpha value is -2.40. The van der Waals surface area contributed by atoms with Crippen LogP contribution in [0.3, 0.4) is 0 Å². The van der Waals surface area contributed by atoms with E-state index in [9.17, 15) is 9.18 Å². The summed E-state index contributed by atoms with van der Waals surface area (Å²) >= 11 is 5.68. The number of amides is 1. The number of para-hydroxylation sites is 2. The quantitative estimate of drug-likeness (QED) is 0.771. The van der Waals surface area contributed by atoms with Gasteiger partial charge in [-0.1, -0.05) is 23.7 Å². The van der Waals surface area contributed by atoms with E-state index in [2.05, 4.69) is 15.3 Å². The van der Waals surface area contributed by atoms with Gasteiger partial charge in [0.2, 0.25) is 0 Å². The molecular formula is C16H13ClFN3O. The summed E-state index contributed by atoms with van der Waals surface area (Å²) in [5, 5.41) is 2.97. The molecule has 2 aromatic carbocycles. The average Bonchev–Trinajstić information content (AvgIpc) is 2.91. The van der Waals surface area contributed by atoms with E-state index in [0.29, 0.717) is 5.82 Å². The molecule has 0 aliphatic carbocycles. The topological polar surface area (TPSA) is 57.8 Å². The number of rotatable bonds is 3. The summed E-state index contributed by atoms with van der Waals surface area (Å²) in [6.07, 6.45) is 0. The number of benzene rings is 2. The van der Waals surface area contributed by atoms with Crippen LogP contribution in [-0.2, 0) is 0 Å². The first-order chi connectivity index (χ1) is 10.5. The molecule has 22 heavy (non-hydrogen) atoms. The number of nitrogens with one attached hydrogen (secondary N) is 2. The first-order valence-corrected chi connectivity index (χ1v) is 7.13. The second-order valence-corrected chi connectivity index (χ2v) is 5.39. The molecule has 112 valence electrons. The van der Waals surface area contributed by atoms with Crippen molar-refractivity contribution in [1.82, 2.24) is 15.3 Å². The van der Waals surface area contributed by atoms with Gasteiger partial charge < -0.3 is 10.3 Å². The maximum absolute atomic E-state index is 13.8. The molecule has 1 unspecified atom stereocenters. The molecule has 1 amide bonds. The monoisotopic (exact) mass is 317 g/mol. The van der Waals surface area contributed by atoms with Gasteiger partial charge in [-0.15, -0.1) is 0 Å². The lowest BCUT2D eigenvalue weighted by atomic mass is 10.2. The lowest BCUT2D eigenvalue weighted by molar-refractivity contribution is 0.0934. The third-order valence-corrected chi connectivity index (χ3v) is 3.58. The number of aromatic nitrogens is 2. The smallest absolute Gasteiger partial charge is 0.254 e. The molecule has 1 aromatic heterocycles. The summed E-state index contributed by atoms with van der Waals surface area (Å²) in [6.45, 7) is 1.78. The number of hydrogen-bond acceptors (Lipinski definition) is 2. The summed E-state index contributed by atoms with van der Waals surface area (Å²) in [6, 6.07) is 11.1. The molecule has 0 spiro atoms. The zero-order valence-electron chi connectivity index (χ0n) is 11.7. The Bertz CT molecular complexity index is 813. The number of nitrogens with zero attached hydrogens (tertiary/aromatic N) is 1. The van der Waals surface area contributed by atoms with Crippen molar-refractivity contribution >= 4 is 28.5 Å². The van der Waals surface area contributed by atoms with E-state index in [4.69, 9.17) is 11.6 Å². The highest BCUT2D eigenvalue weighted by molar-refractivity contribution is 6.30. The van der Waals surface area contributed by atoms with E-state index in [-0.39, 0.29) is 16.6 Å². The molecule has 0 radical (unpaired) electrons. The molecule has 3 rings (SSSR count). The predicted octanol–water partition coefficient (Wildman–Crippen LogP) is 3.85. The van der Waals surface area contributed by atoms with Gasteiger partial charge in [-0.25, -0.2) is 9.37 Å². The number of aromatic amines is 1. The van der Waals surface area contributed by atoms with Gasteiger partial charge in [0.05, 0.1) is 22.6 Å². The van der Waals surface area contributed by atoms with Crippen LogP contribution in [0, 0.1) is 5.82 Å². The number of imidazole rings is 1. The van der Waals surface area contributed by atoms with E-state index in [1.165, 1.54) is 12.1 Å². The molecule has 0 saturated heterocycles. The summed E-state index contributed by atoms with van der Waals surface area (Å²) in [7, 11) is 0. The second-order valence-electron chi connectivity index (χ2n) is 4.96. The van der Waals surface area contributed by atoms with Crippen LogP contribution in [0.1, 0.15) is 29.1 Å². The van der Waals surface area contributed by atoms with Crippen molar-refractivity contribution in [2.24, 2.45) is 0 Å². The van der Waals surface area contributed by atoms with Crippen molar-refractivity contribution in [3.05, 3.63) is 64.7 Å². The molecule has 0 aliphatic rings. The minimum atomic E-state index is -0.651. The first-order valence-electron chi connectivity index (χ1n) is 6.75. The van der Waals surface area contributed by atoms with Crippen LogP contribution in [0.15, 0.2) is 42.5 Å². The third kappa shape index (κ3) is 2.80. The summed E-state index contributed by atoms with van der Waals surface area (Å²) in [5.74, 6) is -0.548. The highest BCUT2D eigenvalue weighted by atomic mass is 35.5. The van der Waals surface area contributed by atoms with E-state index in [1.54, 1.807) is 6.92 Å². The van der Waals surface area contributed by atoms with Gasteiger partial charge in [0.1, 0.15) is 11.6 Å². The van der Waals surface area contributed by atoms with Crippen molar-refractivity contribution in [3.8, 4) is 0 Å². The van der Waals surface area contributed by atoms with Crippen molar-refractivity contribution in [1.29, 1.82) is 0 Å². The Labute approximate surface area is 131 Å². The van der Waals surface area contributed by atoms with Crippen LogP contribution in [0.4, 0.5) is 4.39 Å². The van der Waals surface area contributed by atoms with Crippen molar-refractivity contribution in [2.75, 3.05) is 0 Å². The standard InChI is InChI=1S/C16H13ClFN3O/c1-9(15-20-13-4-2-3-5-14(13)21-15)19-16(22)11-7-6-10(17)8-12(11)18/h2-9H,1H3,(H,19,22)(H,20,21). The number of carbonyl (C=O) groups is 1. The fourth-order valence-electron chi connectivity index (χ4n) is 2.19. The maximum Gasteiger partial charge on any atom is 0.254 e. The van der Waals surface area contributed by atoms with Crippen LogP contribution in [0.2, 0.25) is 5.02 Å². The Kier molecular flexibility index (Phi) is 3.81. The predicted molar refractivity (Wildman–Crippen MR) is 83.4 cm³/mol. The van der Waals surface area contributed by atoms with Gasteiger partial charge in [-0.2, -0.15) is 0 Å². The molecular weight excluding hydrogens is 305 g/mol. The van der Waals surface area contributed by atoms with Gasteiger partial charge in [-0.3, -0.25) is 4.79 Å². The highest BCUT2D eigenvalue weighted by Crippen LogP contribution is 2.18. The Balaban J connectivity index is 1.81. The second kappa shape index (κ2) is 5.77. The van der Waals surface area contributed by atoms with Gasteiger partial charge in [-0.05, 0) is 37.3 Å². The lowest BCUT2D eigenvalue weighted by Crippen LogP contribution is -2.28. The van der Waals surface area contributed by atoms with E-state index in [0.717, 1.165) is 17.1 Å². The van der Waals surface area contributed by atoms with Crippen LogP contribution >= 0.6 is 11.6 Å². The number of H-pyrrole nitrogens is 1. The van der Waals surface area contributed by atoms with Crippen molar-refractivity contribution in [2.45, 2.75) is 13.0 Å². The first kappa shape index (κ1) is 14.5. The summed E-state index contributed by atoms with van der Waals surface area (Å²) < 4.78 is 13.8. The van der Waals surface area contributed by atoms with Crippen LogP contribution in [-0.4, -0.2) is 15.9 Å². The molecule has 4 nitrogen and oxygen atoms in total. The molecule has 0 aliphatic heterocycles. The number of hydrogen-bond donors (Lipinski definition) is 2. The highest BCUT2D eigenvalue weighted by Gasteiger charge is 2.17. The van der Waals surface area contributed by atoms with Crippen molar-refractivity contribution in [3.63, 3.8) is 0 Å². The van der Waals surface area contributed by atoms with Crippen LogP contribution < -0.4 is 5.32 Å². The number of fused-ring (bicyclic) bond motifs is 1. The van der Waals surface area contributed by atoms with Gasteiger partial charge in [0.15, 0.2) is 0 Å². The minimum Gasteiger partial charge on any atom is -0.342 e. The Morgan fingerprint density at radius 1 is 1.32 bits per heavy atom. The molecule has 1 atom stereocenters. The van der Waals surface area contributed by atoms with Gasteiger partial charge >= 0.3 is 0 Å².